The van der Waals surface area contributed by atoms with Crippen LogP contribution in [0.5, 0.6) is 0 Å². The van der Waals surface area contributed by atoms with E-state index in [1.807, 2.05) is 6.07 Å². The normalized spacial score (nSPS) is 11.8. The van der Waals surface area contributed by atoms with E-state index in [1.54, 1.807) is 0 Å². The second-order valence-corrected chi connectivity index (χ2v) is 20.1. The molecule has 6 heteroatoms. The summed E-state index contributed by atoms with van der Waals surface area (Å²) in [6, 6.07) is 98.1. The first kappa shape index (κ1) is 43.6. The van der Waals surface area contributed by atoms with E-state index < -0.39 is 0 Å². The molecule has 0 radical (unpaired) electrons. The van der Waals surface area contributed by atoms with Crippen LogP contribution in [0.1, 0.15) is 5.56 Å². The van der Waals surface area contributed by atoms with Gasteiger partial charge in [-0.25, -0.2) is 4.98 Å². The minimum absolute atomic E-state index is 0.506. The Morgan fingerprint density at radius 2 is 0.551 bits per heavy atom. The fourth-order valence-electron chi connectivity index (χ4n) is 12.8. The number of para-hydroxylation sites is 8. The molecular weight excluding hydrogens is 949 g/mol. The summed E-state index contributed by atoms with van der Waals surface area (Å²) < 4.78 is 9.79. The first-order chi connectivity index (χ1) is 38.7. The fourth-order valence-corrected chi connectivity index (χ4v) is 12.8. The molecule has 78 heavy (non-hydrogen) atoms. The van der Waals surface area contributed by atoms with Crippen molar-refractivity contribution in [2.75, 3.05) is 0 Å². The number of benzene rings is 11. The van der Waals surface area contributed by atoms with Gasteiger partial charge in [-0.1, -0.05) is 206 Å². The van der Waals surface area contributed by atoms with Crippen LogP contribution in [-0.4, -0.2) is 23.3 Å². The first-order valence-electron chi connectivity index (χ1n) is 26.5. The molecule has 6 nitrogen and oxygen atoms in total. The molecule has 16 aromatic rings. The molecule has 11 aromatic carbocycles. The molecule has 0 aliphatic rings. The van der Waals surface area contributed by atoms with Gasteiger partial charge in [-0.3, -0.25) is 0 Å². The molecule has 5 heterocycles. The van der Waals surface area contributed by atoms with Crippen LogP contribution < -0.4 is 0 Å². The number of nitrogens with zero attached hydrogens (tertiary/aromatic N) is 6. The average Bonchev–Trinajstić information content (AvgIpc) is 4.38. The van der Waals surface area contributed by atoms with E-state index in [9.17, 15) is 5.26 Å². The zero-order valence-corrected chi connectivity index (χ0v) is 42.1. The fraction of sp³-hybridized carbons (Fsp3) is 0. The van der Waals surface area contributed by atoms with Crippen LogP contribution in [-0.2, 0) is 0 Å². The van der Waals surface area contributed by atoms with E-state index in [4.69, 9.17) is 4.98 Å². The van der Waals surface area contributed by atoms with Gasteiger partial charge in [-0.2, -0.15) is 5.26 Å². The van der Waals surface area contributed by atoms with Gasteiger partial charge in [0.25, 0.3) is 0 Å². The van der Waals surface area contributed by atoms with Gasteiger partial charge in [-0.05, 0) is 60.7 Å². The van der Waals surface area contributed by atoms with Crippen molar-refractivity contribution in [1.82, 2.24) is 23.3 Å². The van der Waals surface area contributed by atoms with Gasteiger partial charge in [-0.15, -0.1) is 0 Å². The van der Waals surface area contributed by atoms with Crippen LogP contribution in [0, 0.1) is 11.3 Å². The van der Waals surface area contributed by atoms with Crippen molar-refractivity contribution < 1.29 is 0 Å². The smallest absolute Gasteiger partial charge is 0.102 e. The number of rotatable bonds is 7. The van der Waals surface area contributed by atoms with E-state index in [2.05, 4.69) is 285 Å². The van der Waals surface area contributed by atoms with Crippen LogP contribution >= 0.6 is 0 Å². The van der Waals surface area contributed by atoms with Gasteiger partial charge in [0.2, 0.25) is 0 Å². The van der Waals surface area contributed by atoms with Crippen LogP contribution in [0.3, 0.4) is 0 Å². The molecule has 0 aliphatic carbocycles. The molecule has 0 aliphatic heterocycles. The SMILES string of the molecule is N#Cc1c(-c2ccc(-c3ccccc3)nc2-c2ccccc2)c(-n2c3ccccc3c3ccccc32)c(-n2c3ccccc3c3ccccc32)c(-n2c3ccccc3c3ccccc32)c1-n1c2ccccc2c2ccccc21. The Labute approximate surface area is 448 Å². The lowest BCUT2D eigenvalue weighted by atomic mass is 9.89. The van der Waals surface area contributed by atoms with Crippen molar-refractivity contribution in [3.05, 3.63) is 272 Å². The van der Waals surface area contributed by atoms with Crippen molar-refractivity contribution in [2.45, 2.75) is 0 Å². The van der Waals surface area contributed by atoms with E-state index in [0.717, 1.165) is 144 Å². The molecule has 0 amide bonds. The van der Waals surface area contributed by atoms with E-state index >= 15 is 0 Å². The van der Waals surface area contributed by atoms with Gasteiger partial charge >= 0.3 is 0 Å². The van der Waals surface area contributed by atoms with E-state index in [1.165, 1.54) is 0 Å². The Bertz CT molecular complexity index is 4950. The third-order valence-electron chi connectivity index (χ3n) is 16.0. The minimum atomic E-state index is 0.506. The zero-order valence-electron chi connectivity index (χ0n) is 42.1. The van der Waals surface area contributed by atoms with Crippen LogP contribution in [0.25, 0.3) is 144 Å². The summed E-state index contributed by atoms with van der Waals surface area (Å²) in [6.45, 7) is 0. The molecule has 0 unspecified atom stereocenters. The Morgan fingerprint density at radius 3 is 0.897 bits per heavy atom. The van der Waals surface area contributed by atoms with Crippen molar-refractivity contribution >= 4 is 87.2 Å². The standard InChI is InChI=1S/C72H44N6/c73-45-57-67(56-43-44-58(46-23-3-1-4-24-46)74-68(56)47-25-5-2-6-26-47)70(76-61-37-17-9-29-50(61)51-30-10-18-38-62(51)76)72(78-65-41-21-13-33-54(65)55-34-14-22-42-66(55)78)71(77-63-39-19-11-31-52(63)53-32-12-20-40-64(53)77)69(57)75-59-35-15-7-27-48(59)49-28-8-16-36-60(49)75/h1-44H. The number of fused-ring (bicyclic) bond motifs is 12. The Balaban J connectivity index is 1.27. The van der Waals surface area contributed by atoms with Gasteiger partial charge < -0.3 is 18.3 Å². The highest BCUT2D eigenvalue weighted by Gasteiger charge is 2.36. The lowest BCUT2D eigenvalue weighted by Crippen LogP contribution is -2.17. The summed E-state index contributed by atoms with van der Waals surface area (Å²) in [5, 5.41) is 21.8. The molecule has 0 fully saturated rings. The molecule has 0 atom stereocenters. The maximum absolute atomic E-state index is 13.0. The summed E-state index contributed by atoms with van der Waals surface area (Å²) in [5.74, 6) is 0. The van der Waals surface area contributed by atoms with Crippen LogP contribution in [0.4, 0.5) is 0 Å². The molecule has 362 valence electrons. The highest BCUT2D eigenvalue weighted by molar-refractivity contribution is 6.17. The molecule has 0 bridgehead atoms. The van der Waals surface area contributed by atoms with Gasteiger partial charge in [0.05, 0.1) is 83.8 Å². The van der Waals surface area contributed by atoms with Crippen molar-refractivity contribution in [2.24, 2.45) is 0 Å². The lowest BCUT2D eigenvalue weighted by Gasteiger charge is -2.30. The average molecular weight is 993 g/mol. The highest BCUT2D eigenvalue weighted by Crippen LogP contribution is 2.53. The van der Waals surface area contributed by atoms with E-state index in [-0.39, 0.29) is 0 Å². The zero-order chi connectivity index (χ0) is 51.4. The number of aromatic nitrogens is 5. The summed E-state index contributed by atoms with van der Waals surface area (Å²) >= 11 is 0. The van der Waals surface area contributed by atoms with Gasteiger partial charge in [0, 0.05) is 65.3 Å². The molecule has 16 rings (SSSR count). The maximum Gasteiger partial charge on any atom is 0.102 e. The second kappa shape index (κ2) is 17.2. The predicted molar refractivity (Wildman–Crippen MR) is 323 cm³/mol. The molecule has 0 spiro atoms. The summed E-state index contributed by atoms with van der Waals surface area (Å²) in [5.41, 5.74) is 17.1. The minimum Gasteiger partial charge on any atom is -0.306 e. The second-order valence-electron chi connectivity index (χ2n) is 20.1. The molecule has 0 saturated heterocycles. The highest BCUT2D eigenvalue weighted by atomic mass is 15.1. The Kier molecular flexibility index (Phi) is 9.60. The van der Waals surface area contributed by atoms with Crippen molar-refractivity contribution in [3.63, 3.8) is 0 Å². The molecule has 5 aromatic heterocycles. The van der Waals surface area contributed by atoms with Crippen molar-refractivity contribution in [1.29, 1.82) is 5.26 Å². The number of hydrogen-bond donors (Lipinski definition) is 0. The van der Waals surface area contributed by atoms with Gasteiger partial charge in [0.15, 0.2) is 0 Å². The third kappa shape index (κ3) is 6.21. The number of nitriles is 1. The summed E-state index contributed by atoms with van der Waals surface area (Å²) in [6.07, 6.45) is 0. The Hall–Kier alpha value is -10.7. The maximum atomic E-state index is 13.0. The summed E-state index contributed by atoms with van der Waals surface area (Å²) in [7, 11) is 0. The van der Waals surface area contributed by atoms with Gasteiger partial charge in [0.1, 0.15) is 6.07 Å². The lowest BCUT2D eigenvalue weighted by molar-refractivity contribution is 1.02. The summed E-state index contributed by atoms with van der Waals surface area (Å²) in [4.78, 5) is 5.71. The molecular formula is C72H44N6. The Morgan fingerprint density at radius 1 is 0.269 bits per heavy atom. The predicted octanol–water partition coefficient (Wildman–Crippen LogP) is 18.3. The quantitative estimate of drug-likeness (QED) is 0.160. The third-order valence-corrected chi connectivity index (χ3v) is 16.0. The first-order valence-corrected chi connectivity index (χ1v) is 26.5. The van der Waals surface area contributed by atoms with Crippen LogP contribution in [0.2, 0.25) is 0 Å². The molecule has 0 N–H and O–H groups in total. The topological polar surface area (TPSA) is 56.4 Å². The monoisotopic (exact) mass is 992 g/mol. The van der Waals surface area contributed by atoms with Crippen molar-refractivity contribution in [3.8, 4) is 62.5 Å². The number of pyridine rings is 1. The number of hydrogen-bond acceptors (Lipinski definition) is 2. The largest absolute Gasteiger partial charge is 0.306 e. The van der Waals surface area contributed by atoms with Crippen LogP contribution in [0.15, 0.2) is 267 Å². The van der Waals surface area contributed by atoms with E-state index in [0.29, 0.717) is 5.56 Å². The molecule has 0 saturated carbocycles.